The lowest BCUT2D eigenvalue weighted by molar-refractivity contribution is 0.324. The maximum atomic E-state index is 5.77. The molecule has 0 fully saturated rings. The van der Waals surface area contributed by atoms with Gasteiger partial charge in [-0.25, -0.2) is 9.66 Å². The predicted molar refractivity (Wildman–Crippen MR) is 98.5 cm³/mol. The summed E-state index contributed by atoms with van der Waals surface area (Å²) in [7, 11) is 1.58. The number of methoxy groups -OCH3 is 1. The molecule has 2 N–H and O–H groups in total. The maximum absolute atomic E-state index is 5.77. The Balaban J connectivity index is 2.41. The van der Waals surface area contributed by atoms with Crippen LogP contribution in [0.1, 0.15) is 11.3 Å². The van der Waals surface area contributed by atoms with E-state index in [1.165, 1.54) is 4.68 Å². The van der Waals surface area contributed by atoms with Crippen molar-refractivity contribution in [2.24, 2.45) is 5.10 Å². The monoisotopic (exact) mass is 442 g/mol. The van der Waals surface area contributed by atoms with Gasteiger partial charge in [0.25, 0.3) is 0 Å². The molecule has 8 heteroatoms. The van der Waals surface area contributed by atoms with Crippen LogP contribution < -0.4 is 15.2 Å². The largest absolute Gasteiger partial charge is 0.493 e. The highest BCUT2D eigenvalue weighted by molar-refractivity contribution is 9.13. The summed E-state index contributed by atoms with van der Waals surface area (Å²) >= 11 is 7.03. The third-order valence-electron chi connectivity index (χ3n) is 2.88. The third kappa shape index (κ3) is 3.94. The molecule has 2 aromatic rings. The average Bonchev–Trinajstić information content (AvgIpc) is 2.85. The first-order valence-corrected chi connectivity index (χ1v) is 8.22. The van der Waals surface area contributed by atoms with Crippen molar-refractivity contribution in [2.45, 2.75) is 6.92 Å². The van der Waals surface area contributed by atoms with Gasteiger partial charge >= 0.3 is 0 Å². The van der Waals surface area contributed by atoms with E-state index in [1.807, 2.05) is 13.0 Å². The molecule has 0 spiro atoms. The van der Waals surface area contributed by atoms with Crippen LogP contribution in [0, 0.1) is 6.92 Å². The molecule has 122 valence electrons. The predicted octanol–water partition coefficient (Wildman–Crippen LogP) is 3.75. The van der Waals surface area contributed by atoms with Crippen LogP contribution in [0.25, 0.3) is 0 Å². The van der Waals surface area contributed by atoms with Crippen LogP contribution in [-0.4, -0.2) is 29.6 Å². The van der Waals surface area contributed by atoms with Crippen LogP contribution in [0.2, 0.25) is 0 Å². The number of hydrogen-bond acceptors (Lipinski definition) is 5. The number of nitrogens with two attached hydrogens (primary N) is 1. The van der Waals surface area contributed by atoms with Gasteiger partial charge in [-0.2, -0.15) is 5.10 Å². The fourth-order valence-electron chi connectivity index (χ4n) is 1.85. The van der Waals surface area contributed by atoms with Gasteiger partial charge < -0.3 is 15.2 Å². The van der Waals surface area contributed by atoms with E-state index in [-0.39, 0.29) is 0 Å². The molecule has 0 atom stereocenters. The lowest BCUT2D eigenvalue weighted by Crippen LogP contribution is -2.01. The van der Waals surface area contributed by atoms with Gasteiger partial charge in [0, 0.05) is 10.0 Å². The molecule has 1 heterocycles. The van der Waals surface area contributed by atoms with Crippen LogP contribution in [0.15, 0.2) is 39.0 Å². The molecule has 23 heavy (non-hydrogen) atoms. The zero-order chi connectivity index (χ0) is 17.0. The van der Waals surface area contributed by atoms with E-state index >= 15 is 0 Å². The van der Waals surface area contributed by atoms with E-state index in [9.17, 15) is 0 Å². The van der Waals surface area contributed by atoms with Crippen LogP contribution >= 0.6 is 31.9 Å². The number of anilines is 1. The zero-order valence-electron chi connectivity index (χ0n) is 12.7. The van der Waals surface area contributed by atoms with E-state index in [0.29, 0.717) is 24.1 Å². The van der Waals surface area contributed by atoms with Gasteiger partial charge in [-0.1, -0.05) is 12.7 Å². The van der Waals surface area contributed by atoms with E-state index in [2.05, 4.69) is 48.5 Å². The Bertz CT molecular complexity index is 756. The van der Waals surface area contributed by atoms with Gasteiger partial charge in [-0.15, -0.1) is 0 Å². The number of aryl methyl sites for hydroxylation is 1. The number of ether oxygens (including phenoxy) is 2. The Kier molecular flexibility index (Phi) is 5.84. The smallest absolute Gasteiger partial charge is 0.221 e. The number of rotatable bonds is 6. The van der Waals surface area contributed by atoms with Crippen molar-refractivity contribution in [3.8, 4) is 11.5 Å². The van der Waals surface area contributed by atoms with Gasteiger partial charge in [-0.05, 0) is 44.8 Å². The third-order valence-corrected chi connectivity index (χ3v) is 5.02. The van der Waals surface area contributed by atoms with Gasteiger partial charge in [0.05, 0.1) is 29.7 Å². The van der Waals surface area contributed by atoms with Gasteiger partial charge in [0.2, 0.25) is 5.95 Å². The Morgan fingerprint density at radius 1 is 1.43 bits per heavy atom. The van der Waals surface area contributed by atoms with Crippen molar-refractivity contribution < 1.29 is 9.47 Å². The molecule has 0 saturated heterocycles. The Morgan fingerprint density at radius 3 is 2.74 bits per heavy atom. The number of imidazole rings is 1. The Hall–Kier alpha value is -1.80. The first kappa shape index (κ1) is 17.6. The maximum Gasteiger partial charge on any atom is 0.221 e. The standard InChI is InChI=1S/C15H16Br2N4O2/c1-4-5-23-14-11(22-3)6-10(12(16)13(14)17)7-19-21-8-9(2)20-15(21)18/h4,6-8H,1,5H2,2-3H3,(H2,18,20). The number of nitrogens with zero attached hydrogens (tertiary/aromatic N) is 3. The highest BCUT2D eigenvalue weighted by Crippen LogP contribution is 2.42. The summed E-state index contributed by atoms with van der Waals surface area (Å²) in [4.78, 5) is 4.10. The Labute approximate surface area is 151 Å². The lowest BCUT2D eigenvalue weighted by Gasteiger charge is -2.14. The average molecular weight is 444 g/mol. The van der Waals surface area contributed by atoms with Crippen LogP contribution in [0.5, 0.6) is 11.5 Å². The van der Waals surface area contributed by atoms with Crippen molar-refractivity contribution >= 4 is 44.0 Å². The molecule has 1 aromatic heterocycles. The SMILES string of the molecule is C=CCOc1c(OC)cc(C=Nn2cc(C)nc2N)c(Br)c1Br. The number of benzene rings is 1. The molecule has 0 unspecified atom stereocenters. The molecule has 0 bridgehead atoms. The molecule has 6 nitrogen and oxygen atoms in total. The first-order chi connectivity index (χ1) is 11.0. The Morgan fingerprint density at radius 2 is 2.17 bits per heavy atom. The normalized spacial score (nSPS) is 11.0. The zero-order valence-corrected chi connectivity index (χ0v) is 15.9. The van der Waals surface area contributed by atoms with Crippen molar-refractivity contribution in [1.82, 2.24) is 9.66 Å². The van der Waals surface area contributed by atoms with Crippen LogP contribution in [-0.2, 0) is 0 Å². The summed E-state index contributed by atoms with van der Waals surface area (Å²) in [6, 6.07) is 1.82. The highest BCUT2D eigenvalue weighted by Gasteiger charge is 2.16. The fourth-order valence-corrected chi connectivity index (χ4v) is 2.78. The van der Waals surface area contributed by atoms with Crippen molar-refractivity contribution in [3.05, 3.63) is 45.1 Å². The van der Waals surface area contributed by atoms with Crippen molar-refractivity contribution in [3.63, 3.8) is 0 Å². The van der Waals surface area contributed by atoms with E-state index in [4.69, 9.17) is 15.2 Å². The number of nitrogen functional groups attached to an aromatic ring is 1. The quantitative estimate of drug-likeness (QED) is 0.544. The molecule has 0 aliphatic heterocycles. The second-order valence-electron chi connectivity index (χ2n) is 4.55. The van der Waals surface area contributed by atoms with E-state index < -0.39 is 0 Å². The summed E-state index contributed by atoms with van der Waals surface area (Å²) in [5, 5.41) is 4.31. The minimum atomic E-state index is 0.326. The van der Waals surface area contributed by atoms with Crippen LogP contribution in [0.4, 0.5) is 5.95 Å². The van der Waals surface area contributed by atoms with E-state index in [1.54, 1.807) is 25.6 Å². The van der Waals surface area contributed by atoms with Gasteiger partial charge in [-0.3, -0.25) is 0 Å². The topological polar surface area (TPSA) is 74.7 Å². The summed E-state index contributed by atoms with van der Waals surface area (Å²) in [6.07, 6.45) is 5.07. The minimum Gasteiger partial charge on any atom is -0.493 e. The molecular formula is C15H16Br2N4O2. The molecule has 0 radical (unpaired) electrons. The summed E-state index contributed by atoms with van der Waals surface area (Å²) < 4.78 is 14.0. The molecule has 0 aliphatic rings. The summed E-state index contributed by atoms with van der Waals surface area (Å²) in [5.41, 5.74) is 7.37. The second kappa shape index (κ2) is 7.65. The van der Waals surface area contributed by atoms with Crippen molar-refractivity contribution in [1.29, 1.82) is 0 Å². The summed E-state index contributed by atoms with van der Waals surface area (Å²) in [5.74, 6) is 1.50. The highest BCUT2D eigenvalue weighted by atomic mass is 79.9. The second-order valence-corrected chi connectivity index (χ2v) is 6.14. The van der Waals surface area contributed by atoms with Crippen LogP contribution in [0.3, 0.4) is 0 Å². The first-order valence-electron chi connectivity index (χ1n) is 6.63. The van der Waals surface area contributed by atoms with E-state index in [0.717, 1.165) is 20.2 Å². The fraction of sp³-hybridized carbons (Fsp3) is 0.200. The molecule has 0 amide bonds. The molecule has 1 aromatic carbocycles. The lowest BCUT2D eigenvalue weighted by atomic mass is 10.2. The van der Waals surface area contributed by atoms with Crippen molar-refractivity contribution in [2.75, 3.05) is 19.5 Å². The number of hydrogen-bond donors (Lipinski definition) is 1. The number of halogens is 2. The minimum absolute atomic E-state index is 0.326. The van der Waals surface area contributed by atoms with Gasteiger partial charge in [0.15, 0.2) is 11.5 Å². The number of aromatic nitrogens is 2. The summed E-state index contributed by atoms with van der Waals surface area (Å²) in [6.45, 7) is 5.87. The molecule has 2 rings (SSSR count). The molecule has 0 saturated carbocycles. The molecular weight excluding hydrogens is 428 g/mol. The van der Waals surface area contributed by atoms with Gasteiger partial charge in [0.1, 0.15) is 6.61 Å². The molecule has 0 aliphatic carbocycles.